The lowest BCUT2D eigenvalue weighted by molar-refractivity contribution is -0.384. The van der Waals surface area contributed by atoms with Gasteiger partial charge < -0.3 is 10.1 Å². The maximum absolute atomic E-state index is 10.6. The van der Waals surface area contributed by atoms with Crippen LogP contribution in [0.25, 0.3) is 0 Å². The third-order valence-corrected chi connectivity index (χ3v) is 3.97. The average molecular weight is 329 g/mol. The van der Waals surface area contributed by atoms with Gasteiger partial charge in [-0.15, -0.1) is 0 Å². The van der Waals surface area contributed by atoms with Crippen molar-refractivity contribution in [2.45, 2.75) is 31.9 Å². The van der Waals surface area contributed by atoms with Crippen LogP contribution in [0.3, 0.4) is 0 Å². The topological polar surface area (TPSA) is 64.4 Å². The molecule has 0 spiro atoms. The molecule has 6 heteroatoms. The van der Waals surface area contributed by atoms with E-state index in [0.29, 0.717) is 19.3 Å². The molecule has 1 aromatic carbocycles. The van der Waals surface area contributed by atoms with E-state index in [-0.39, 0.29) is 5.69 Å². The lowest BCUT2D eigenvalue weighted by atomic mass is 10.1. The number of hydrogen-bond acceptors (Lipinski definition) is 4. The van der Waals surface area contributed by atoms with Crippen LogP contribution in [0.2, 0.25) is 0 Å². The zero-order valence-electron chi connectivity index (χ0n) is 10.6. The highest BCUT2D eigenvalue weighted by atomic mass is 79.9. The molecule has 1 atom stereocenters. The summed E-state index contributed by atoms with van der Waals surface area (Å²) < 4.78 is 6.40. The predicted molar refractivity (Wildman–Crippen MR) is 76.1 cm³/mol. The molecule has 1 aromatic rings. The smallest absolute Gasteiger partial charge is 0.270 e. The number of non-ortho nitro benzene ring substituents is 1. The number of benzene rings is 1. The summed E-state index contributed by atoms with van der Waals surface area (Å²) in [6.45, 7) is 2.22. The van der Waals surface area contributed by atoms with Gasteiger partial charge in [-0.1, -0.05) is 22.4 Å². The van der Waals surface area contributed by atoms with Gasteiger partial charge in [0.25, 0.3) is 5.69 Å². The van der Waals surface area contributed by atoms with Gasteiger partial charge in [0, 0.05) is 22.6 Å². The summed E-state index contributed by atoms with van der Waals surface area (Å²) in [7, 11) is 0. The van der Waals surface area contributed by atoms with Crippen LogP contribution in [-0.2, 0) is 11.3 Å². The van der Waals surface area contributed by atoms with Gasteiger partial charge in [0.1, 0.15) is 0 Å². The summed E-state index contributed by atoms with van der Waals surface area (Å²) in [5, 5.41) is 14.0. The van der Waals surface area contributed by atoms with Crippen molar-refractivity contribution in [2.75, 3.05) is 13.2 Å². The van der Waals surface area contributed by atoms with Crippen molar-refractivity contribution >= 4 is 21.6 Å². The van der Waals surface area contributed by atoms with E-state index in [4.69, 9.17) is 4.74 Å². The Kier molecular flexibility index (Phi) is 5.30. The molecule has 19 heavy (non-hydrogen) atoms. The molecular formula is C13H17BrN2O3. The van der Waals surface area contributed by atoms with E-state index in [1.807, 2.05) is 0 Å². The number of nitro groups is 1. The largest absolute Gasteiger partial charge is 0.375 e. The standard InChI is InChI=1S/C13H17BrN2O3/c14-13-7-12(16(17)18)5-4-10(13)8-19-9-11-3-1-2-6-15-11/h4-5,7,11,15H,1-3,6,8-9H2. The summed E-state index contributed by atoms with van der Waals surface area (Å²) >= 11 is 3.34. The van der Waals surface area contributed by atoms with Crippen LogP contribution in [0.15, 0.2) is 22.7 Å². The first-order chi connectivity index (χ1) is 9.16. The van der Waals surface area contributed by atoms with E-state index < -0.39 is 4.92 Å². The molecule has 0 amide bonds. The molecule has 1 aliphatic heterocycles. The van der Waals surface area contributed by atoms with E-state index in [2.05, 4.69) is 21.2 Å². The number of ether oxygens (including phenoxy) is 1. The second kappa shape index (κ2) is 6.98. The molecule has 1 unspecified atom stereocenters. The number of nitrogens with zero attached hydrogens (tertiary/aromatic N) is 1. The van der Waals surface area contributed by atoms with Crippen molar-refractivity contribution in [3.63, 3.8) is 0 Å². The highest BCUT2D eigenvalue weighted by Gasteiger charge is 2.13. The van der Waals surface area contributed by atoms with E-state index in [1.54, 1.807) is 6.07 Å². The summed E-state index contributed by atoms with van der Waals surface area (Å²) in [6, 6.07) is 5.18. The van der Waals surface area contributed by atoms with E-state index in [9.17, 15) is 10.1 Å². The normalized spacial score (nSPS) is 19.3. The van der Waals surface area contributed by atoms with Crippen LogP contribution >= 0.6 is 15.9 Å². The monoisotopic (exact) mass is 328 g/mol. The van der Waals surface area contributed by atoms with Crippen molar-refractivity contribution in [3.8, 4) is 0 Å². The second-order valence-electron chi connectivity index (χ2n) is 4.69. The maximum Gasteiger partial charge on any atom is 0.270 e. The Labute approximate surface area is 120 Å². The van der Waals surface area contributed by atoms with Gasteiger partial charge in [0.2, 0.25) is 0 Å². The third-order valence-electron chi connectivity index (χ3n) is 3.24. The Morgan fingerprint density at radius 3 is 2.95 bits per heavy atom. The highest BCUT2D eigenvalue weighted by Crippen LogP contribution is 2.23. The van der Waals surface area contributed by atoms with E-state index in [1.165, 1.54) is 25.0 Å². The van der Waals surface area contributed by atoms with Gasteiger partial charge in [-0.2, -0.15) is 0 Å². The van der Waals surface area contributed by atoms with Crippen molar-refractivity contribution in [1.82, 2.24) is 5.32 Å². The fraction of sp³-hybridized carbons (Fsp3) is 0.538. The summed E-state index contributed by atoms with van der Waals surface area (Å²) in [5.74, 6) is 0. The first kappa shape index (κ1) is 14.4. The maximum atomic E-state index is 10.6. The van der Waals surface area contributed by atoms with Crippen molar-refractivity contribution in [1.29, 1.82) is 0 Å². The van der Waals surface area contributed by atoms with Crippen LogP contribution in [-0.4, -0.2) is 24.1 Å². The zero-order chi connectivity index (χ0) is 13.7. The molecule has 1 N–H and O–H groups in total. The lowest BCUT2D eigenvalue weighted by Gasteiger charge is -2.23. The van der Waals surface area contributed by atoms with Crippen molar-refractivity contribution in [2.24, 2.45) is 0 Å². The van der Waals surface area contributed by atoms with Crippen LogP contribution < -0.4 is 5.32 Å². The van der Waals surface area contributed by atoms with Gasteiger partial charge in [-0.25, -0.2) is 0 Å². The summed E-state index contributed by atoms with van der Waals surface area (Å²) in [5.41, 5.74) is 1.02. The molecular weight excluding hydrogens is 312 g/mol. The fourth-order valence-corrected chi connectivity index (χ4v) is 2.63. The van der Waals surface area contributed by atoms with Gasteiger partial charge >= 0.3 is 0 Å². The Balaban J connectivity index is 1.83. The minimum atomic E-state index is -0.401. The highest BCUT2D eigenvalue weighted by molar-refractivity contribution is 9.10. The zero-order valence-corrected chi connectivity index (χ0v) is 12.2. The summed E-state index contributed by atoms with van der Waals surface area (Å²) in [4.78, 5) is 10.2. The van der Waals surface area contributed by atoms with E-state index >= 15 is 0 Å². The van der Waals surface area contributed by atoms with Crippen LogP contribution in [0.4, 0.5) is 5.69 Å². The minimum Gasteiger partial charge on any atom is -0.375 e. The molecule has 104 valence electrons. The molecule has 1 heterocycles. The van der Waals surface area contributed by atoms with Crippen molar-refractivity contribution < 1.29 is 9.66 Å². The second-order valence-corrected chi connectivity index (χ2v) is 5.55. The third kappa shape index (κ3) is 4.26. The first-order valence-electron chi connectivity index (χ1n) is 6.41. The molecule has 1 saturated heterocycles. The lowest BCUT2D eigenvalue weighted by Crippen LogP contribution is -2.37. The summed E-state index contributed by atoms with van der Waals surface area (Å²) in [6.07, 6.45) is 3.65. The van der Waals surface area contributed by atoms with Gasteiger partial charge in [-0.05, 0) is 31.0 Å². The molecule has 5 nitrogen and oxygen atoms in total. The Morgan fingerprint density at radius 1 is 1.47 bits per heavy atom. The van der Waals surface area contributed by atoms with Crippen LogP contribution in [0.5, 0.6) is 0 Å². The molecule has 0 saturated carbocycles. The molecule has 0 radical (unpaired) electrons. The predicted octanol–water partition coefficient (Wildman–Crippen LogP) is 3.02. The molecule has 0 aliphatic carbocycles. The molecule has 0 aromatic heterocycles. The van der Waals surface area contributed by atoms with Crippen LogP contribution in [0, 0.1) is 10.1 Å². The van der Waals surface area contributed by atoms with Crippen molar-refractivity contribution in [3.05, 3.63) is 38.3 Å². The number of halogens is 1. The molecule has 1 fully saturated rings. The molecule has 0 bridgehead atoms. The fourth-order valence-electron chi connectivity index (χ4n) is 2.14. The Hall–Kier alpha value is -0.980. The number of piperidine rings is 1. The Morgan fingerprint density at radius 2 is 2.32 bits per heavy atom. The van der Waals surface area contributed by atoms with Gasteiger partial charge in [0.05, 0.1) is 18.1 Å². The molecule has 2 rings (SSSR count). The average Bonchev–Trinajstić information content (AvgIpc) is 2.41. The van der Waals surface area contributed by atoms with Crippen LogP contribution in [0.1, 0.15) is 24.8 Å². The number of nitrogens with one attached hydrogen (secondary N) is 1. The minimum absolute atomic E-state index is 0.0876. The number of hydrogen-bond donors (Lipinski definition) is 1. The number of rotatable bonds is 5. The quantitative estimate of drug-likeness (QED) is 0.666. The molecule has 1 aliphatic rings. The Bertz CT molecular complexity index is 448. The number of nitro benzene ring substituents is 1. The van der Waals surface area contributed by atoms with Gasteiger partial charge in [0.15, 0.2) is 0 Å². The SMILES string of the molecule is O=[N+]([O-])c1ccc(COCC2CCCCN2)c(Br)c1. The van der Waals surface area contributed by atoms with E-state index in [0.717, 1.165) is 23.0 Å². The first-order valence-corrected chi connectivity index (χ1v) is 7.20. The van der Waals surface area contributed by atoms with Gasteiger partial charge in [-0.3, -0.25) is 10.1 Å².